The second kappa shape index (κ2) is 7.09. The van der Waals surface area contributed by atoms with Crippen molar-refractivity contribution in [3.8, 4) is 0 Å². The number of hydrogen-bond acceptors (Lipinski definition) is 4. The van der Waals surface area contributed by atoms with Crippen molar-refractivity contribution < 1.29 is 19.5 Å². The molecule has 1 aliphatic heterocycles. The highest BCUT2D eigenvalue weighted by molar-refractivity contribution is 5.86. The summed E-state index contributed by atoms with van der Waals surface area (Å²) in [7, 11) is 3.60. The monoisotopic (exact) mass is 286 g/mol. The molecule has 1 unspecified atom stereocenters. The summed E-state index contributed by atoms with van der Waals surface area (Å²) in [6.07, 6.45) is 1.84. The lowest BCUT2D eigenvalue weighted by Gasteiger charge is -2.37. The van der Waals surface area contributed by atoms with Crippen molar-refractivity contribution in [1.82, 2.24) is 14.7 Å². The molecule has 1 aliphatic rings. The van der Waals surface area contributed by atoms with Gasteiger partial charge in [-0.3, -0.25) is 9.59 Å². The summed E-state index contributed by atoms with van der Waals surface area (Å²) in [6, 6.07) is -0.461. The van der Waals surface area contributed by atoms with Gasteiger partial charge in [-0.2, -0.15) is 0 Å². The topological polar surface area (TPSA) is 107 Å². The summed E-state index contributed by atoms with van der Waals surface area (Å²) in [5.41, 5.74) is 5.06. The molecular formula is C12H22N4O4. The molecule has 0 spiro atoms. The summed E-state index contributed by atoms with van der Waals surface area (Å²) in [6.45, 7) is 0.797. The van der Waals surface area contributed by atoms with Gasteiger partial charge in [0.1, 0.15) is 13.1 Å². The van der Waals surface area contributed by atoms with Gasteiger partial charge in [-0.05, 0) is 26.4 Å². The molecule has 1 saturated heterocycles. The maximum atomic E-state index is 12.3. The largest absolute Gasteiger partial charge is 0.480 e. The number of carbonyl (C=O) groups is 3. The first-order valence-electron chi connectivity index (χ1n) is 6.51. The number of hydrogen-bond donors (Lipinski definition) is 2. The van der Waals surface area contributed by atoms with E-state index in [4.69, 9.17) is 10.8 Å². The van der Waals surface area contributed by atoms with Gasteiger partial charge in [-0.15, -0.1) is 0 Å². The van der Waals surface area contributed by atoms with Crippen LogP contribution < -0.4 is 5.73 Å². The van der Waals surface area contributed by atoms with E-state index in [1.54, 1.807) is 7.05 Å². The molecule has 8 nitrogen and oxygen atoms in total. The van der Waals surface area contributed by atoms with Gasteiger partial charge in [0.05, 0.1) is 0 Å². The highest BCUT2D eigenvalue weighted by atomic mass is 16.4. The number of rotatable bonds is 5. The van der Waals surface area contributed by atoms with Gasteiger partial charge >= 0.3 is 12.0 Å². The van der Waals surface area contributed by atoms with Gasteiger partial charge in [-0.25, -0.2) is 4.79 Å². The molecule has 3 N–H and O–H groups in total. The second-order valence-corrected chi connectivity index (χ2v) is 5.17. The van der Waals surface area contributed by atoms with Crippen molar-refractivity contribution >= 4 is 17.9 Å². The minimum atomic E-state index is -1.17. The lowest BCUT2D eigenvalue weighted by atomic mass is 10.1. The van der Waals surface area contributed by atoms with Crippen molar-refractivity contribution in [1.29, 1.82) is 0 Å². The highest BCUT2D eigenvalue weighted by Gasteiger charge is 2.29. The number of nitrogens with two attached hydrogens (primary N) is 1. The van der Waals surface area contributed by atoms with Crippen LogP contribution in [0.5, 0.6) is 0 Å². The predicted molar refractivity (Wildman–Crippen MR) is 72.1 cm³/mol. The molecule has 1 rings (SSSR count). The van der Waals surface area contributed by atoms with E-state index in [1.165, 1.54) is 4.90 Å². The van der Waals surface area contributed by atoms with E-state index in [-0.39, 0.29) is 6.04 Å². The molecule has 0 aliphatic carbocycles. The van der Waals surface area contributed by atoms with Crippen molar-refractivity contribution in [3.05, 3.63) is 0 Å². The molecule has 8 heteroatoms. The van der Waals surface area contributed by atoms with Crippen LogP contribution in [0, 0.1) is 0 Å². The van der Waals surface area contributed by atoms with Gasteiger partial charge in [0, 0.05) is 19.6 Å². The van der Waals surface area contributed by atoms with Crippen molar-refractivity contribution in [2.45, 2.75) is 18.9 Å². The van der Waals surface area contributed by atoms with Crippen LogP contribution in [0.3, 0.4) is 0 Å². The van der Waals surface area contributed by atoms with Crippen LogP contribution in [-0.4, -0.2) is 84.0 Å². The van der Waals surface area contributed by atoms with Crippen molar-refractivity contribution in [3.63, 3.8) is 0 Å². The number of nitrogens with zero attached hydrogens (tertiary/aromatic N) is 3. The number of aliphatic carboxylic acids is 1. The average Bonchev–Trinajstić information content (AvgIpc) is 2.35. The number of likely N-dealkylation sites (tertiary alicyclic amines) is 1. The molecule has 3 amide bonds. The number of piperidine rings is 1. The standard InChI is InChI=1S/C12H22N4O4/c1-14-5-3-4-9(6-14)15(2)12(20)16(7-10(13)17)8-11(18)19/h9H,3-8H2,1-2H3,(H2,13,17)(H,18,19). The van der Waals surface area contributed by atoms with Crippen LogP contribution >= 0.6 is 0 Å². The molecule has 0 radical (unpaired) electrons. The number of carboxylic acids is 1. The zero-order chi connectivity index (χ0) is 15.3. The maximum Gasteiger partial charge on any atom is 0.323 e. The summed E-state index contributed by atoms with van der Waals surface area (Å²) in [5, 5.41) is 8.81. The number of amides is 3. The Morgan fingerprint density at radius 2 is 2.00 bits per heavy atom. The molecule has 0 aromatic heterocycles. The molecule has 0 aromatic carbocycles. The summed E-state index contributed by atoms with van der Waals surface area (Å²) in [5.74, 6) is -1.90. The molecule has 20 heavy (non-hydrogen) atoms. The van der Waals surface area contributed by atoms with Crippen LogP contribution in [0.15, 0.2) is 0 Å². The molecule has 1 atom stereocenters. The Labute approximate surface area is 118 Å². The quantitative estimate of drug-likeness (QED) is 0.674. The van der Waals surface area contributed by atoms with Crippen LogP contribution in [-0.2, 0) is 9.59 Å². The van der Waals surface area contributed by atoms with Crippen LogP contribution in [0.2, 0.25) is 0 Å². The Hall–Kier alpha value is -1.83. The predicted octanol–water partition coefficient (Wildman–Crippen LogP) is -0.996. The Morgan fingerprint density at radius 1 is 1.35 bits per heavy atom. The normalized spacial score (nSPS) is 19.4. The van der Waals surface area contributed by atoms with E-state index in [2.05, 4.69) is 4.90 Å². The minimum Gasteiger partial charge on any atom is -0.480 e. The Balaban J connectivity index is 2.71. The summed E-state index contributed by atoms with van der Waals surface area (Å²) >= 11 is 0. The number of carbonyl (C=O) groups excluding carboxylic acids is 2. The highest BCUT2D eigenvalue weighted by Crippen LogP contribution is 2.14. The lowest BCUT2D eigenvalue weighted by Crippen LogP contribution is -2.53. The zero-order valence-corrected chi connectivity index (χ0v) is 11.9. The first-order valence-corrected chi connectivity index (χ1v) is 6.51. The summed E-state index contributed by atoms with van der Waals surface area (Å²) < 4.78 is 0. The number of primary amides is 1. The van der Waals surface area contributed by atoms with E-state index in [1.807, 2.05) is 7.05 Å². The second-order valence-electron chi connectivity index (χ2n) is 5.17. The van der Waals surface area contributed by atoms with Gasteiger partial charge in [0.2, 0.25) is 5.91 Å². The molecular weight excluding hydrogens is 264 g/mol. The zero-order valence-electron chi connectivity index (χ0n) is 11.9. The Morgan fingerprint density at radius 3 is 2.50 bits per heavy atom. The third-order valence-corrected chi connectivity index (χ3v) is 3.39. The number of urea groups is 1. The van der Waals surface area contributed by atoms with E-state index >= 15 is 0 Å². The number of likely N-dealkylation sites (N-methyl/N-ethyl adjacent to an activating group) is 2. The van der Waals surface area contributed by atoms with E-state index in [0.717, 1.165) is 30.8 Å². The lowest BCUT2D eigenvalue weighted by molar-refractivity contribution is -0.138. The SMILES string of the molecule is CN1CCCC(N(C)C(=O)N(CC(N)=O)CC(=O)O)C1. The molecule has 0 saturated carbocycles. The van der Waals surface area contributed by atoms with Crippen molar-refractivity contribution in [2.24, 2.45) is 5.73 Å². The molecule has 1 heterocycles. The maximum absolute atomic E-state index is 12.3. The first-order chi connectivity index (χ1) is 9.31. The van der Waals surface area contributed by atoms with Gasteiger partial charge in [0.15, 0.2) is 0 Å². The molecule has 1 fully saturated rings. The third kappa shape index (κ3) is 4.69. The fourth-order valence-corrected chi connectivity index (χ4v) is 2.38. The molecule has 0 bridgehead atoms. The van der Waals surface area contributed by atoms with E-state index < -0.39 is 31.0 Å². The molecule has 114 valence electrons. The fourth-order valence-electron chi connectivity index (χ4n) is 2.38. The fraction of sp³-hybridized carbons (Fsp3) is 0.750. The minimum absolute atomic E-state index is 0.0189. The summed E-state index contributed by atoms with van der Waals surface area (Å²) in [4.78, 5) is 38.6. The van der Waals surface area contributed by atoms with Crippen LogP contribution in [0.25, 0.3) is 0 Å². The van der Waals surface area contributed by atoms with Crippen LogP contribution in [0.4, 0.5) is 4.79 Å². The Kier molecular flexibility index (Phi) is 5.75. The van der Waals surface area contributed by atoms with Crippen LogP contribution in [0.1, 0.15) is 12.8 Å². The first kappa shape index (κ1) is 16.2. The van der Waals surface area contributed by atoms with Gasteiger partial charge in [0.25, 0.3) is 0 Å². The number of carboxylic acid groups (broad SMARTS) is 1. The average molecular weight is 286 g/mol. The van der Waals surface area contributed by atoms with Gasteiger partial charge < -0.3 is 25.5 Å². The molecule has 0 aromatic rings. The Bertz CT molecular complexity index is 372. The van der Waals surface area contributed by atoms with E-state index in [0.29, 0.717) is 0 Å². The van der Waals surface area contributed by atoms with Crippen molar-refractivity contribution in [2.75, 3.05) is 40.3 Å². The smallest absolute Gasteiger partial charge is 0.323 e. The van der Waals surface area contributed by atoms with Gasteiger partial charge in [-0.1, -0.05) is 0 Å². The third-order valence-electron chi connectivity index (χ3n) is 3.39. The van der Waals surface area contributed by atoms with E-state index in [9.17, 15) is 14.4 Å².